The molecule has 0 spiro atoms. The predicted octanol–water partition coefficient (Wildman–Crippen LogP) is 0.700. The van der Waals surface area contributed by atoms with Crippen LogP contribution in [0.3, 0.4) is 0 Å². The lowest BCUT2D eigenvalue weighted by molar-refractivity contribution is -0.137. The molecule has 84 valence electrons. The number of amides is 1. The SMILES string of the molecule is CN1CCCN(C(=O)C(C)(C)C#N)CC1. The van der Waals surface area contributed by atoms with Crippen molar-refractivity contribution in [1.29, 1.82) is 5.26 Å². The molecule has 0 unspecified atom stereocenters. The second kappa shape index (κ2) is 4.63. The van der Waals surface area contributed by atoms with Crippen molar-refractivity contribution in [2.24, 2.45) is 5.41 Å². The summed E-state index contributed by atoms with van der Waals surface area (Å²) >= 11 is 0. The summed E-state index contributed by atoms with van der Waals surface area (Å²) < 4.78 is 0. The van der Waals surface area contributed by atoms with E-state index in [1.807, 2.05) is 4.90 Å². The second-order valence-corrected chi connectivity index (χ2v) is 4.69. The third-order valence-electron chi connectivity index (χ3n) is 2.82. The van der Waals surface area contributed by atoms with Crippen molar-refractivity contribution in [2.75, 3.05) is 33.2 Å². The zero-order chi connectivity index (χ0) is 11.5. The van der Waals surface area contributed by atoms with Crippen LogP contribution in [0.4, 0.5) is 0 Å². The van der Waals surface area contributed by atoms with Crippen LogP contribution in [0.2, 0.25) is 0 Å². The summed E-state index contributed by atoms with van der Waals surface area (Å²) in [6, 6.07) is 2.07. The van der Waals surface area contributed by atoms with E-state index in [2.05, 4.69) is 18.0 Å². The zero-order valence-electron chi connectivity index (χ0n) is 9.79. The van der Waals surface area contributed by atoms with E-state index in [1.54, 1.807) is 13.8 Å². The summed E-state index contributed by atoms with van der Waals surface area (Å²) in [7, 11) is 2.06. The van der Waals surface area contributed by atoms with E-state index in [9.17, 15) is 4.79 Å². The number of nitrogens with zero attached hydrogens (tertiary/aromatic N) is 3. The summed E-state index contributed by atoms with van der Waals surface area (Å²) in [6.45, 7) is 6.80. The fourth-order valence-electron chi connectivity index (χ4n) is 1.69. The van der Waals surface area contributed by atoms with E-state index in [4.69, 9.17) is 5.26 Å². The van der Waals surface area contributed by atoms with Gasteiger partial charge in [0.15, 0.2) is 0 Å². The van der Waals surface area contributed by atoms with Gasteiger partial charge in [-0.2, -0.15) is 5.26 Å². The Morgan fingerprint density at radius 2 is 1.93 bits per heavy atom. The highest BCUT2D eigenvalue weighted by Gasteiger charge is 2.32. The van der Waals surface area contributed by atoms with E-state index < -0.39 is 5.41 Å². The van der Waals surface area contributed by atoms with E-state index >= 15 is 0 Å². The number of carbonyl (C=O) groups is 1. The van der Waals surface area contributed by atoms with Crippen molar-refractivity contribution in [2.45, 2.75) is 20.3 Å². The maximum absolute atomic E-state index is 12.0. The third kappa shape index (κ3) is 2.93. The van der Waals surface area contributed by atoms with Gasteiger partial charge in [-0.3, -0.25) is 4.79 Å². The first-order valence-corrected chi connectivity index (χ1v) is 5.36. The Labute approximate surface area is 91.5 Å². The predicted molar refractivity (Wildman–Crippen MR) is 58.1 cm³/mol. The van der Waals surface area contributed by atoms with E-state index in [1.165, 1.54) is 0 Å². The van der Waals surface area contributed by atoms with Crippen molar-refractivity contribution in [3.8, 4) is 6.07 Å². The molecular formula is C11H19N3O. The van der Waals surface area contributed by atoms with Crippen molar-refractivity contribution < 1.29 is 4.79 Å². The standard InChI is InChI=1S/C11H19N3O/c1-11(2,9-12)10(15)14-6-4-5-13(3)7-8-14/h4-8H2,1-3H3. The normalized spacial score (nSPS) is 19.5. The van der Waals surface area contributed by atoms with Gasteiger partial charge in [0.05, 0.1) is 6.07 Å². The molecule has 1 aliphatic rings. The number of hydrogen-bond donors (Lipinski definition) is 0. The average Bonchev–Trinajstić information content (AvgIpc) is 2.42. The molecule has 0 aromatic carbocycles. The fraction of sp³-hybridized carbons (Fsp3) is 0.818. The molecule has 1 amide bonds. The zero-order valence-corrected chi connectivity index (χ0v) is 9.79. The van der Waals surface area contributed by atoms with Crippen LogP contribution in [0.1, 0.15) is 20.3 Å². The van der Waals surface area contributed by atoms with Gasteiger partial charge in [-0.25, -0.2) is 0 Å². The van der Waals surface area contributed by atoms with E-state index in [-0.39, 0.29) is 5.91 Å². The maximum Gasteiger partial charge on any atom is 0.242 e. The first-order chi connectivity index (χ1) is 6.97. The quantitative estimate of drug-likeness (QED) is 0.638. The van der Waals surface area contributed by atoms with Crippen LogP contribution < -0.4 is 0 Å². The Bertz CT molecular complexity index is 280. The fourth-order valence-corrected chi connectivity index (χ4v) is 1.69. The summed E-state index contributed by atoms with van der Waals surface area (Å²) in [6.07, 6.45) is 0.990. The molecule has 4 heteroatoms. The van der Waals surface area contributed by atoms with Gasteiger partial charge in [0, 0.05) is 19.6 Å². The number of nitriles is 1. The van der Waals surface area contributed by atoms with Crippen LogP contribution in [0.5, 0.6) is 0 Å². The molecule has 1 heterocycles. The van der Waals surface area contributed by atoms with Crippen LogP contribution >= 0.6 is 0 Å². The van der Waals surface area contributed by atoms with Gasteiger partial charge in [-0.1, -0.05) is 0 Å². The second-order valence-electron chi connectivity index (χ2n) is 4.69. The molecule has 15 heavy (non-hydrogen) atoms. The van der Waals surface area contributed by atoms with Crippen LogP contribution in [-0.4, -0.2) is 48.9 Å². The molecule has 1 saturated heterocycles. The minimum Gasteiger partial charge on any atom is -0.340 e. The van der Waals surface area contributed by atoms with Gasteiger partial charge in [0.25, 0.3) is 0 Å². The molecule has 1 rings (SSSR count). The minimum absolute atomic E-state index is 0.0414. The van der Waals surface area contributed by atoms with Crippen molar-refractivity contribution in [3.63, 3.8) is 0 Å². The Kier molecular flexibility index (Phi) is 3.70. The number of rotatable bonds is 1. The molecule has 0 N–H and O–H groups in total. The number of likely N-dealkylation sites (N-methyl/N-ethyl adjacent to an activating group) is 1. The largest absolute Gasteiger partial charge is 0.340 e. The molecule has 0 atom stereocenters. The smallest absolute Gasteiger partial charge is 0.242 e. The maximum atomic E-state index is 12.0. The highest BCUT2D eigenvalue weighted by atomic mass is 16.2. The Morgan fingerprint density at radius 1 is 1.27 bits per heavy atom. The molecule has 1 aliphatic heterocycles. The average molecular weight is 209 g/mol. The topological polar surface area (TPSA) is 47.3 Å². The van der Waals surface area contributed by atoms with Crippen molar-refractivity contribution >= 4 is 5.91 Å². The molecule has 0 aliphatic carbocycles. The lowest BCUT2D eigenvalue weighted by Crippen LogP contribution is -2.42. The summed E-state index contributed by atoms with van der Waals surface area (Å²) in [5.74, 6) is -0.0414. The summed E-state index contributed by atoms with van der Waals surface area (Å²) in [4.78, 5) is 16.0. The van der Waals surface area contributed by atoms with Gasteiger partial charge < -0.3 is 9.80 Å². The molecular weight excluding hydrogens is 190 g/mol. The minimum atomic E-state index is -0.886. The Balaban J connectivity index is 2.65. The molecule has 0 saturated carbocycles. The molecule has 4 nitrogen and oxygen atoms in total. The molecule has 1 fully saturated rings. The highest BCUT2D eigenvalue weighted by molar-refractivity contribution is 5.84. The van der Waals surface area contributed by atoms with Crippen molar-refractivity contribution in [1.82, 2.24) is 9.80 Å². The van der Waals surface area contributed by atoms with Crippen LogP contribution in [0.15, 0.2) is 0 Å². The first-order valence-electron chi connectivity index (χ1n) is 5.36. The van der Waals surface area contributed by atoms with Gasteiger partial charge in [-0.15, -0.1) is 0 Å². The molecule has 0 aromatic rings. The van der Waals surface area contributed by atoms with Gasteiger partial charge in [0.1, 0.15) is 5.41 Å². The van der Waals surface area contributed by atoms with Crippen LogP contribution in [0.25, 0.3) is 0 Å². The molecule has 0 aromatic heterocycles. The van der Waals surface area contributed by atoms with Crippen LogP contribution in [-0.2, 0) is 4.79 Å². The molecule has 0 radical (unpaired) electrons. The number of hydrogen-bond acceptors (Lipinski definition) is 3. The Hall–Kier alpha value is -1.08. The number of carbonyl (C=O) groups excluding carboxylic acids is 1. The van der Waals surface area contributed by atoms with Gasteiger partial charge in [0.2, 0.25) is 5.91 Å². The molecule has 0 bridgehead atoms. The van der Waals surface area contributed by atoms with E-state index in [0.29, 0.717) is 0 Å². The van der Waals surface area contributed by atoms with Crippen LogP contribution in [0, 0.1) is 16.7 Å². The third-order valence-corrected chi connectivity index (χ3v) is 2.82. The lowest BCUT2D eigenvalue weighted by Gasteiger charge is -2.26. The Morgan fingerprint density at radius 3 is 2.53 bits per heavy atom. The summed E-state index contributed by atoms with van der Waals surface area (Å²) in [5, 5.41) is 8.91. The monoisotopic (exact) mass is 209 g/mol. The van der Waals surface area contributed by atoms with Gasteiger partial charge in [-0.05, 0) is 33.9 Å². The first kappa shape index (κ1) is 12.0. The lowest BCUT2D eigenvalue weighted by atomic mass is 9.94. The van der Waals surface area contributed by atoms with Crippen molar-refractivity contribution in [3.05, 3.63) is 0 Å². The highest BCUT2D eigenvalue weighted by Crippen LogP contribution is 2.18. The van der Waals surface area contributed by atoms with E-state index in [0.717, 1.165) is 32.6 Å². The van der Waals surface area contributed by atoms with Gasteiger partial charge >= 0.3 is 0 Å². The summed E-state index contributed by atoms with van der Waals surface area (Å²) in [5.41, 5.74) is -0.886.